The number of carbonyl (C=O) groups excluding carboxylic acids is 1. The molecule has 0 fully saturated rings. The Morgan fingerprint density at radius 2 is 1.95 bits per heavy atom. The number of ether oxygens (including phenoxy) is 1. The van der Waals surface area contributed by atoms with Gasteiger partial charge in [-0.25, -0.2) is 0 Å². The zero-order valence-electron chi connectivity index (χ0n) is 12.6. The molecule has 3 nitrogen and oxygen atoms in total. The predicted octanol–water partition coefficient (Wildman–Crippen LogP) is 2.91. The first kappa shape index (κ1) is 15.1. The summed E-state index contributed by atoms with van der Waals surface area (Å²) in [5, 5.41) is 2.96. The van der Waals surface area contributed by atoms with Crippen LogP contribution in [-0.4, -0.2) is 19.6 Å². The summed E-state index contributed by atoms with van der Waals surface area (Å²) in [5.41, 5.74) is 3.33. The van der Waals surface area contributed by atoms with E-state index >= 15 is 0 Å². The number of benzene rings is 2. The number of amides is 1. The Morgan fingerprint density at radius 3 is 2.71 bits per heavy atom. The van der Waals surface area contributed by atoms with Gasteiger partial charge in [0.2, 0.25) is 5.91 Å². The largest absolute Gasteiger partial charge is 0.496 e. The highest BCUT2D eigenvalue weighted by atomic mass is 16.5. The van der Waals surface area contributed by atoms with E-state index in [9.17, 15) is 4.79 Å². The minimum absolute atomic E-state index is 0.0514. The van der Waals surface area contributed by atoms with Crippen molar-refractivity contribution in [3.05, 3.63) is 65.2 Å². The molecule has 3 heteroatoms. The summed E-state index contributed by atoms with van der Waals surface area (Å²) in [6.07, 6.45) is 1.19. The van der Waals surface area contributed by atoms with Crippen LogP contribution in [0.1, 0.15) is 16.7 Å². The van der Waals surface area contributed by atoms with Crippen LogP contribution in [0.5, 0.6) is 5.75 Å². The van der Waals surface area contributed by atoms with Crippen molar-refractivity contribution in [1.82, 2.24) is 5.32 Å². The molecule has 0 aliphatic heterocycles. The Bertz CT molecular complexity index is 608. The second-order valence-corrected chi connectivity index (χ2v) is 5.08. The van der Waals surface area contributed by atoms with E-state index in [1.54, 1.807) is 7.11 Å². The summed E-state index contributed by atoms with van der Waals surface area (Å²) >= 11 is 0. The highest BCUT2D eigenvalue weighted by Gasteiger charge is 2.05. The summed E-state index contributed by atoms with van der Waals surface area (Å²) < 4.78 is 5.30. The zero-order valence-corrected chi connectivity index (χ0v) is 12.6. The molecule has 0 atom stereocenters. The molecule has 2 aromatic carbocycles. The number of hydrogen-bond acceptors (Lipinski definition) is 2. The second kappa shape index (κ2) is 7.48. The highest BCUT2D eigenvalue weighted by Crippen LogP contribution is 2.17. The van der Waals surface area contributed by atoms with Gasteiger partial charge in [-0.15, -0.1) is 0 Å². The average Bonchev–Trinajstić information content (AvgIpc) is 2.47. The van der Waals surface area contributed by atoms with Crippen molar-refractivity contribution in [1.29, 1.82) is 0 Å². The second-order valence-electron chi connectivity index (χ2n) is 5.08. The third-order valence-corrected chi connectivity index (χ3v) is 3.36. The van der Waals surface area contributed by atoms with Gasteiger partial charge in [0.05, 0.1) is 13.5 Å². The van der Waals surface area contributed by atoms with Gasteiger partial charge in [0.1, 0.15) is 5.75 Å². The Hall–Kier alpha value is -2.29. The molecule has 1 N–H and O–H groups in total. The topological polar surface area (TPSA) is 38.3 Å². The van der Waals surface area contributed by atoms with Crippen LogP contribution in [0, 0.1) is 6.92 Å². The fourth-order valence-electron chi connectivity index (χ4n) is 2.32. The summed E-state index contributed by atoms with van der Waals surface area (Å²) in [4.78, 5) is 11.9. The normalized spacial score (nSPS) is 10.2. The van der Waals surface area contributed by atoms with E-state index in [1.807, 2.05) is 55.5 Å². The van der Waals surface area contributed by atoms with Crippen molar-refractivity contribution < 1.29 is 9.53 Å². The molecular weight excluding hydrogens is 262 g/mol. The van der Waals surface area contributed by atoms with Crippen molar-refractivity contribution in [2.24, 2.45) is 0 Å². The lowest BCUT2D eigenvalue weighted by Crippen LogP contribution is -2.27. The predicted molar refractivity (Wildman–Crippen MR) is 84.6 cm³/mol. The Morgan fingerprint density at radius 1 is 1.14 bits per heavy atom. The van der Waals surface area contributed by atoms with E-state index in [2.05, 4.69) is 5.32 Å². The molecular formula is C18H21NO2. The molecule has 0 saturated heterocycles. The quantitative estimate of drug-likeness (QED) is 0.885. The number of hydrogen-bond donors (Lipinski definition) is 1. The molecule has 21 heavy (non-hydrogen) atoms. The Balaban J connectivity index is 1.82. The number of nitrogens with one attached hydrogen (secondary N) is 1. The lowest BCUT2D eigenvalue weighted by molar-refractivity contribution is -0.120. The number of carbonyl (C=O) groups is 1. The van der Waals surface area contributed by atoms with Crippen LogP contribution in [0.25, 0.3) is 0 Å². The minimum atomic E-state index is 0.0514. The van der Waals surface area contributed by atoms with E-state index in [4.69, 9.17) is 4.74 Å². The average molecular weight is 283 g/mol. The van der Waals surface area contributed by atoms with Crippen molar-refractivity contribution in [3.8, 4) is 5.75 Å². The minimum Gasteiger partial charge on any atom is -0.496 e. The van der Waals surface area contributed by atoms with Gasteiger partial charge in [-0.3, -0.25) is 4.79 Å². The van der Waals surface area contributed by atoms with E-state index in [1.165, 1.54) is 5.56 Å². The van der Waals surface area contributed by atoms with Crippen molar-refractivity contribution in [2.75, 3.05) is 13.7 Å². The molecule has 0 spiro atoms. The van der Waals surface area contributed by atoms with Gasteiger partial charge in [-0.2, -0.15) is 0 Å². The van der Waals surface area contributed by atoms with Crippen LogP contribution < -0.4 is 10.1 Å². The molecule has 0 bridgehead atoms. The Kier molecular flexibility index (Phi) is 5.38. The molecule has 0 aromatic heterocycles. The first-order valence-electron chi connectivity index (χ1n) is 7.13. The summed E-state index contributed by atoms with van der Waals surface area (Å²) in [6, 6.07) is 15.9. The van der Waals surface area contributed by atoms with E-state index in [0.29, 0.717) is 13.0 Å². The van der Waals surface area contributed by atoms with Crippen molar-refractivity contribution >= 4 is 5.91 Å². The summed E-state index contributed by atoms with van der Waals surface area (Å²) in [7, 11) is 1.66. The highest BCUT2D eigenvalue weighted by molar-refractivity contribution is 5.78. The van der Waals surface area contributed by atoms with Gasteiger partial charge in [0, 0.05) is 6.54 Å². The number of methoxy groups -OCH3 is 1. The SMILES string of the molecule is COc1ccccc1CCNC(=O)Cc1cccc(C)c1. The number of aryl methyl sites for hydroxylation is 1. The standard InChI is InChI=1S/C18H21NO2/c1-14-6-5-7-15(12-14)13-18(20)19-11-10-16-8-3-4-9-17(16)21-2/h3-9,12H,10-11,13H2,1-2H3,(H,19,20). The number of rotatable bonds is 6. The maximum Gasteiger partial charge on any atom is 0.224 e. The van der Waals surface area contributed by atoms with Crippen LogP contribution in [0.4, 0.5) is 0 Å². The fourth-order valence-corrected chi connectivity index (χ4v) is 2.32. The van der Waals surface area contributed by atoms with Crippen LogP contribution in [0.3, 0.4) is 0 Å². The fraction of sp³-hybridized carbons (Fsp3) is 0.278. The van der Waals surface area contributed by atoms with E-state index in [-0.39, 0.29) is 5.91 Å². The molecule has 2 rings (SSSR count). The summed E-state index contributed by atoms with van der Waals surface area (Å²) in [6.45, 7) is 2.65. The molecule has 1 amide bonds. The van der Waals surface area contributed by atoms with Crippen LogP contribution in [0.2, 0.25) is 0 Å². The van der Waals surface area contributed by atoms with Crippen molar-refractivity contribution in [3.63, 3.8) is 0 Å². The number of para-hydroxylation sites is 1. The monoisotopic (exact) mass is 283 g/mol. The van der Waals surface area contributed by atoms with Crippen LogP contribution in [-0.2, 0) is 17.6 Å². The molecule has 0 aliphatic carbocycles. The first-order valence-corrected chi connectivity index (χ1v) is 7.13. The molecule has 2 aromatic rings. The van der Waals surface area contributed by atoms with Gasteiger partial charge in [-0.05, 0) is 30.5 Å². The molecule has 0 unspecified atom stereocenters. The maximum atomic E-state index is 11.9. The lowest BCUT2D eigenvalue weighted by Gasteiger charge is -2.09. The van der Waals surface area contributed by atoms with Gasteiger partial charge in [0.25, 0.3) is 0 Å². The van der Waals surface area contributed by atoms with Gasteiger partial charge >= 0.3 is 0 Å². The van der Waals surface area contributed by atoms with Gasteiger partial charge in [0.15, 0.2) is 0 Å². The van der Waals surface area contributed by atoms with Gasteiger partial charge in [-0.1, -0.05) is 48.0 Å². The van der Waals surface area contributed by atoms with Crippen molar-refractivity contribution in [2.45, 2.75) is 19.8 Å². The summed E-state index contributed by atoms with van der Waals surface area (Å²) in [5.74, 6) is 0.918. The van der Waals surface area contributed by atoms with E-state index in [0.717, 1.165) is 23.3 Å². The zero-order chi connectivity index (χ0) is 15.1. The van der Waals surface area contributed by atoms with Crippen LogP contribution in [0.15, 0.2) is 48.5 Å². The molecule has 0 radical (unpaired) electrons. The smallest absolute Gasteiger partial charge is 0.224 e. The maximum absolute atomic E-state index is 11.9. The third kappa shape index (κ3) is 4.63. The Labute approximate surface area is 126 Å². The molecule has 0 heterocycles. The lowest BCUT2D eigenvalue weighted by atomic mass is 10.1. The first-order chi connectivity index (χ1) is 10.2. The van der Waals surface area contributed by atoms with Crippen LogP contribution >= 0.6 is 0 Å². The molecule has 0 saturated carbocycles. The third-order valence-electron chi connectivity index (χ3n) is 3.36. The molecule has 110 valence electrons. The van der Waals surface area contributed by atoms with E-state index < -0.39 is 0 Å². The van der Waals surface area contributed by atoms with Gasteiger partial charge < -0.3 is 10.1 Å². The molecule has 0 aliphatic rings.